The number of rotatable bonds is 5. The molecule has 0 aromatic carbocycles. The molecule has 0 aliphatic heterocycles. The average molecular weight is 251 g/mol. The van der Waals surface area contributed by atoms with Gasteiger partial charge in [0.05, 0.1) is 19.2 Å². The molecule has 1 aliphatic carbocycles. The Morgan fingerprint density at radius 3 is 3.28 bits per heavy atom. The number of ether oxygens (including phenoxy) is 1. The van der Waals surface area contributed by atoms with E-state index in [1.165, 1.54) is 17.7 Å². The van der Waals surface area contributed by atoms with Gasteiger partial charge in [0.2, 0.25) is 0 Å². The summed E-state index contributed by atoms with van der Waals surface area (Å²) >= 11 is 0. The molecule has 0 saturated heterocycles. The summed E-state index contributed by atoms with van der Waals surface area (Å²) in [5.41, 5.74) is 2.60. The number of fused-ring (bicyclic) bond motifs is 1. The van der Waals surface area contributed by atoms with Crippen molar-refractivity contribution in [3.63, 3.8) is 0 Å². The van der Waals surface area contributed by atoms with Crippen LogP contribution >= 0.6 is 0 Å². The third kappa shape index (κ3) is 2.90. The van der Waals surface area contributed by atoms with Crippen LogP contribution in [0.5, 0.6) is 0 Å². The van der Waals surface area contributed by atoms with E-state index in [4.69, 9.17) is 4.74 Å². The van der Waals surface area contributed by atoms with Crippen LogP contribution in [0.4, 0.5) is 0 Å². The van der Waals surface area contributed by atoms with Crippen molar-refractivity contribution in [1.29, 1.82) is 0 Å². The lowest BCUT2D eigenvalue weighted by atomic mass is 9.93. The summed E-state index contributed by atoms with van der Waals surface area (Å²) in [5.74, 6) is -0.132. The highest BCUT2D eigenvalue weighted by Crippen LogP contribution is 2.28. The summed E-state index contributed by atoms with van der Waals surface area (Å²) in [7, 11) is 1.99. The van der Waals surface area contributed by atoms with Gasteiger partial charge in [-0.2, -0.15) is 5.10 Å². The van der Waals surface area contributed by atoms with Crippen molar-refractivity contribution in [1.82, 2.24) is 15.1 Å². The standard InChI is InChI=1S/C13H21N3O2/c1-3-18-13(17)7-8-14-11-5-4-6-12-10(11)9-15-16(12)2/h9,11,14H,3-8H2,1-2H3. The summed E-state index contributed by atoms with van der Waals surface area (Å²) in [6.45, 7) is 2.95. The van der Waals surface area contributed by atoms with Crippen LogP contribution in [0.2, 0.25) is 0 Å². The van der Waals surface area contributed by atoms with Crippen LogP contribution in [0, 0.1) is 0 Å². The molecule has 5 nitrogen and oxygen atoms in total. The topological polar surface area (TPSA) is 56.1 Å². The first-order valence-corrected chi connectivity index (χ1v) is 6.62. The quantitative estimate of drug-likeness (QED) is 0.802. The first-order chi connectivity index (χ1) is 8.72. The zero-order chi connectivity index (χ0) is 13.0. The Morgan fingerprint density at radius 2 is 2.50 bits per heavy atom. The summed E-state index contributed by atoms with van der Waals surface area (Å²) in [6.07, 6.45) is 5.75. The van der Waals surface area contributed by atoms with Gasteiger partial charge < -0.3 is 10.1 Å². The number of hydrogen-bond donors (Lipinski definition) is 1. The van der Waals surface area contributed by atoms with Crippen molar-refractivity contribution in [3.8, 4) is 0 Å². The maximum atomic E-state index is 11.3. The highest BCUT2D eigenvalue weighted by atomic mass is 16.5. The van der Waals surface area contributed by atoms with E-state index in [1.807, 2.05) is 24.9 Å². The van der Waals surface area contributed by atoms with Gasteiger partial charge in [-0.25, -0.2) is 0 Å². The molecule has 0 radical (unpaired) electrons. The number of hydrogen-bond acceptors (Lipinski definition) is 4. The van der Waals surface area contributed by atoms with Gasteiger partial charge in [-0.05, 0) is 26.2 Å². The lowest BCUT2D eigenvalue weighted by Crippen LogP contribution is -2.27. The number of carbonyl (C=O) groups excluding carboxylic acids is 1. The normalized spacial score (nSPS) is 18.4. The molecule has 1 N–H and O–H groups in total. The lowest BCUT2D eigenvalue weighted by Gasteiger charge is -2.23. The van der Waals surface area contributed by atoms with E-state index >= 15 is 0 Å². The Morgan fingerprint density at radius 1 is 1.67 bits per heavy atom. The molecule has 18 heavy (non-hydrogen) atoms. The van der Waals surface area contributed by atoms with Crippen molar-refractivity contribution in [2.24, 2.45) is 7.05 Å². The van der Waals surface area contributed by atoms with Gasteiger partial charge in [-0.15, -0.1) is 0 Å². The molecular weight excluding hydrogens is 230 g/mol. The molecule has 1 unspecified atom stereocenters. The molecule has 1 aromatic rings. The molecular formula is C13H21N3O2. The summed E-state index contributed by atoms with van der Waals surface area (Å²) in [4.78, 5) is 11.3. The van der Waals surface area contributed by atoms with E-state index in [0.29, 0.717) is 25.6 Å². The van der Waals surface area contributed by atoms with Crippen LogP contribution in [0.3, 0.4) is 0 Å². The molecule has 1 aliphatic rings. The summed E-state index contributed by atoms with van der Waals surface area (Å²) in [6, 6.07) is 0.330. The van der Waals surface area contributed by atoms with Crippen molar-refractivity contribution >= 4 is 5.97 Å². The Kier molecular flexibility index (Phi) is 4.36. The van der Waals surface area contributed by atoms with Crippen LogP contribution in [0.1, 0.15) is 43.5 Å². The molecule has 100 valence electrons. The fourth-order valence-corrected chi connectivity index (χ4v) is 2.50. The fourth-order valence-electron chi connectivity index (χ4n) is 2.50. The predicted octanol–water partition coefficient (Wildman–Crippen LogP) is 1.34. The third-order valence-electron chi connectivity index (χ3n) is 3.40. The van der Waals surface area contributed by atoms with Gasteiger partial charge in [0.15, 0.2) is 0 Å². The molecule has 1 aromatic heterocycles. The highest BCUT2D eigenvalue weighted by Gasteiger charge is 2.22. The Labute approximate surface area is 108 Å². The number of carbonyl (C=O) groups is 1. The minimum atomic E-state index is -0.132. The lowest BCUT2D eigenvalue weighted by molar-refractivity contribution is -0.143. The maximum absolute atomic E-state index is 11.3. The van der Waals surface area contributed by atoms with Crippen LogP contribution < -0.4 is 5.32 Å². The minimum Gasteiger partial charge on any atom is -0.466 e. The van der Waals surface area contributed by atoms with E-state index in [9.17, 15) is 4.79 Å². The molecule has 0 saturated carbocycles. The molecule has 0 spiro atoms. The molecule has 1 heterocycles. The van der Waals surface area contributed by atoms with E-state index in [0.717, 1.165) is 12.8 Å². The van der Waals surface area contributed by atoms with Crippen molar-refractivity contribution in [2.75, 3.05) is 13.2 Å². The smallest absolute Gasteiger partial charge is 0.307 e. The van der Waals surface area contributed by atoms with Gasteiger partial charge in [-0.3, -0.25) is 9.48 Å². The Hall–Kier alpha value is -1.36. The molecule has 1 atom stereocenters. The van der Waals surface area contributed by atoms with Crippen LogP contribution in [0.25, 0.3) is 0 Å². The fraction of sp³-hybridized carbons (Fsp3) is 0.692. The minimum absolute atomic E-state index is 0.132. The second kappa shape index (κ2) is 6.00. The number of aryl methyl sites for hydroxylation is 1. The Bertz CT molecular complexity index is 414. The van der Waals surface area contributed by atoms with Gasteiger partial charge in [0.25, 0.3) is 0 Å². The second-order valence-corrected chi connectivity index (χ2v) is 4.62. The van der Waals surface area contributed by atoms with Gasteiger partial charge in [0, 0.05) is 30.9 Å². The first kappa shape index (κ1) is 13.1. The average Bonchev–Trinajstić information content (AvgIpc) is 2.73. The van der Waals surface area contributed by atoms with Crippen LogP contribution in [-0.2, 0) is 23.0 Å². The van der Waals surface area contributed by atoms with E-state index < -0.39 is 0 Å². The van der Waals surface area contributed by atoms with E-state index in [1.54, 1.807) is 0 Å². The van der Waals surface area contributed by atoms with E-state index in [2.05, 4.69) is 10.4 Å². The number of aromatic nitrogens is 2. The largest absolute Gasteiger partial charge is 0.466 e. The first-order valence-electron chi connectivity index (χ1n) is 6.62. The predicted molar refractivity (Wildman–Crippen MR) is 68.1 cm³/mol. The van der Waals surface area contributed by atoms with Crippen molar-refractivity contribution in [2.45, 2.75) is 38.6 Å². The zero-order valence-corrected chi connectivity index (χ0v) is 11.1. The maximum Gasteiger partial charge on any atom is 0.307 e. The zero-order valence-electron chi connectivity index (χ0n) is 11.1. The Balaban J connectivity index is 1.86. The van der Waals surface area contributed by atoms with E-state index in [-0.39, 0.29) is 5.97 Å². The van der Waals surface area contributed by atoms with Crippen LogP contribution in [0.15, 0.2) is 6.20 Å². The monoisotopic (exact) mass is 251 g/mol. The summed E-state index contributed by atoms with van der Waals surface area (Å²) in [5, 5.41) is 7.73. The SMILES string of the molecule is CCOC(=O)CCNC1CCCc2c1cnn2C. The second-order valence-electron chi connectivity index (χ2n) is 4.62. The third-order valence-corrected chi connectivity index (χ3v) is 3.40. The number of esters is 1. The van der Waals surface area contributed by atoms with Gasteiger partial charge in [0.1, 0.15) is 0 Å². The number of nitrogens with zero attached hydrogens (tertiary/aromatic N) is 2. The highest BCUT2D eigenvalue weighted by molar-refractivity contribution is 5.69. The molecule has 5 heteroatoms. The van der Waals surface area contributed by atoms with Gasteiger partial charge in [-0.1, -0.05) is 0 Å². The summed E-state index contributed by atoms with van der Waals surface area (Å²) < 4.78 is 6.86. The number of nitrogens with one attached hydrogen (secondary N) is 1. The van der Waals surface area contributed by atoms with Crippen molar-refractivity contribution < 1.29 is 9.53 Å². The molecule has 0 amide bonds. The van der Waals surface area contributed by atoms with Crippen LogP contribution in [-0.4, -0.2) is 28.9 Å². The molecule has 0 fully saturated rings. The van der Waals surface area contributed by atoms with Gasteiger partial charge >= 0.3 is 5.97 Å². The molecule has 0 bridgehead atoms. The molecule has 2 rings (SSSR count). The van der Waals surface area contributed by atoms with Crippen molar-refractivity contribution in [3.05, 3.63) is 17.5 Å².